The number of carbonyl (C=O) groups excluding carboxylic acids is 1. The largest absolute Gasteiger partial charge is 1.00 e. The average molecular weight is 568 g/mol. The number of carbonyl (C=O) groups is 1. The number of rotatable bonds is 1. The Balaban J connectivity index is 0.00000289. The molecule has 32 heavy (non-hydrogen) atoms. The first-order valence-electron chi connectivity index (χ1n) is 12.0. The first-order valence-corrected chi connectivity index (χ1v) is 12.0. The summed E-state index contributed by atoms with van der Waals surface area (Å²) in [6.07, 6.45) is 5.81. The van der Waals surface area contributed by atoms with Crippen LogP contribution >= 0.6 is 0 Å². The van der Waals surface area contributed by atoms with Gasteiger partial charge in [0.15, 0.2) is 0 Å². The maximum atomic E-state index is 12.5. The van der Waals surface area contributed by atoms with Crippen LogP contribution in [0.15, 0.2) is 0 Å². The molecule has 0 aromatic rings. The molecular formula is C23H41IN2O6. The number of quaternary nitrogens is 1. The quantitative estimate of drug-likeness (QED) is 0.267. The number of nitrogens with zero attached hydrogens (tertiary/aromatic N) is 2. The van der Waals surface area contributed by atoms with Gasteiger partial charge in [-0.05, 0) is 37.0 Å². The minimum Gasteiger partial charge on any atom is -1.00 e. The van der Waals surface area contributed by atoms with Crippen molar-refractivity contribution in [2.75, 3.05) is 40.3 Å². The molecule has 0 unspecified atom stereocenters. The molecule has 0 aromatic carbocycles. The summed E-state index contributed by atoms with van der Waals surface area (Å²) in [5.74, 6) is -1.02. The molecule has 2 saturated heterocycles. The molecule has 2 aliphatic heterocycles. The molecule has 186 valence electrons. The van der Waals surface area contributed by atoms with Crippen molar-refractivity contribution >= 4 is 6.09 Å². The maximum absolute atomic E-state index is 12.5. The van der Waals surface area contributed by atoms with Gasteiger partial charge in [-0.25, -0.2) is 4.79 Å². The van der Waals surface area contributed by atoms with Crippen LogP contribution in [0.2, 0.25) is 0 Å². The Morgan fingerprint density at radius 2 is 1.31 bits per heavy atom. The second-order valence-electron chi connectivity index (χ2n) is 11.7. The van der Waals surface area contributed by atoms with E-state index in [2.05, 4.69) is 34.9 Å². The van der Waals surface area contributed by atoms with Crippen molar-refractivity contribution in [1.29, 1.82) is 0 Å². The molecule has 2 saturated carbocycles. The maximum Gasteiger partial charge on any atom is 0.410 e. The SMILES string of the molecule is CC(C)(C)C1CCC2(CC1)OOC1(CCC(OC(=O)N3CC[N+](C)(C)CC3)CC1)OO2.[I-]. The topological polar surface area (TPSA) is 66.5 Å². The van der Waals surface area contributed by atoms with Crippen LogP contribution in [0.1, 0.15) is 72.1 Å². The van der Waals surface area contributed by atoms with E-state index in [-0.39, 0.29) is 36.2 Å². The summed E-state index contributed by atoms with van der Waals surface area (Å²) in [6.45, 7) is 10.3. The van der Waals surface area contributed by atoms with E-state index in [1.807, 2.05) is 4.90 Å². The fourth-order valence-electron chi connectivity index (χ4n) is 5.14. The lowest BCUT2D eigenvalue weighted by Crippen LogP contribution is -3.00. The van der Waals surface area contributed by atoms with Crippen molar-refractivity contribution in [3.63, 3.8) is 0 Å². The molecule has 2 spiro atoms. The number of amides is 1. The van der Waals surface area contributed by atoms with E-state index in [9.17, 15) is 4.79 Å². The van der Waals surface area contributed by atoms with Crippen molar-refractivity contribution < 1.29 is 57.5 Å². The first-order chi connectivity index (χ1) is 14.5. The molecule has 0 N–H and O–H groups in total. The number of hydrogen-bond acceptors (Lipinski definition) is 6. The molecule has 2 aliphatic carbocycles. The van der Waals surface area contributed by atoms with E-state index in [1.54, 1.807) is 0 Å². The van der Waals surface area contributed by atoms with E-state index in [4.69, 9.17) is 24.3 Å². The molecule has 4 aliphatic rings. The van der Waals surface area contributed by atoms with Gasteiger partial charge < -0.3 is 33.2 Å². The summed E-state index contributed by atoms with van der Waals surface area (Å²) in [7, 11) is 4.38. The predicted octanol–water partition coefficient (Wildman–Crippen LogP) is 1.00. The summed E-state index contributed by atoms with van der Waals surface area (Å²) in [6, 6.07) is 0. The van der Waals surface area contributed by atoms with E-state index in [0.717, 1.165) is 56.3 Å². The number of hydrogen-bond donors (Lipinski definition) is 0. The Morgan fingerprint density at radius 1 is 0.875 bits per heavy atom. The van der Waals surface area contributed by atoms with Crippen LogP contribution in [0, 0.1) is 11.3 Å². The van der Waals surface area contributed by atoms with E-state index in [1.165, 1.54) is 0 Å². The van der Waals surface area contributed by atoms with Gasteiger partial charge in [0.25, 0.3) is 0 Å². The van der Waals surface area contributed by atoms with Gasteiger partial charge in [-0.2, -0.15) is 19.6 Å². The molecule has 2 heterocycles. The average Bonchev–Trinajstić information content (AvgIpc) is 2.72. The fourth-order valence-corrected chi connectivity index (χ4v) is 5.14. The normalized spacial score (nSPS) is 37.7. The fraction of sp³-hybridized carbons (Fsp3) is 0.957. The molecule has 0 bridgehead atoms. The van der Waals surface area contributed by atoms with Gasteiger partial charge in [0, 0.05) is 25.7 Å². The van der Waals surface area contributed by atoms with E-state index < -0.39 is 11.6 Å². The highest BCUT2D eigenvalue weighted by molar-refractivity contribution is 5.67. The van der Waals surface area contributed by atoms with Crippen LogP contribution in [0.5, 0.6) is 0 Å². The van der Waals surface area contributed by atoms with Crippen molar-refractivity contribution in [2.45, 2.75) is 89.8 Å². The third kappa shape index (κ3) is 6.07. The van der Waals surface area contributed by atoms with Gasteiger partial charge in [-0.15, -0.1) is 0 Å². The third-order valence-corrected chi connectivity index (χ3v) is 7.83. The highest BCUT2D eigenvalue weighted by atomic mass is 127. The van der Waals surface area contributed by atoms with Crippen LogP contribution in [-0.2, 0) is 24.3 Å². The minimum atomic E-state index is -0.887. The predicted molar refractivity (Wildman–Crippen MR) is 113 cm³/mol. The van der Waals surface area contributed by atoms with Gasteiger partial charge in [0.2, 0.25) is 11.6 Å². The van der Waals surface area contributed by atoms with Gasteiger partial charge >= 0.3 is 6.09 Å². The summed E-state index contributed by atoms with van der Waals surface area (Å²) < 4.78 is 6.72. The Morgan fingerprint density at radius 3 is 1.75 bits per heavy atom. The lowest BCUT2D eigenvalue weighted by atomic mass is 9.71. The van der Waals surface area contributed by atoms with Crippen LogP contribution in [0.25, 0.3) is 0 Å². The first kappa shape index (κ1) is 26.4. The highest BCUT2D eigenvalue weighted by Crippen LogP contribution is 2.48. The van der Waals surface area contributed by atoms with Gasteiger partial charge in [-0.3, -0.25) is 4.90 Å². The van der Waals surface area contributed by atoms with Crippen molar-refractivity contribution in [3.8, 4) is 0 Å². The monoisotopic (exact) mass is 568 g/mol. The summed E-state index contributed by atoms with van der Waals surface area (Å²) >= 11 is 0. The molecule has 0 radical (unpaired) electrons. The second kappa shape index (κ2) is 9.81. The highest BCUT2D eigenvalue weighted by Gasteiger charge is 2.52. The zero-order chi connectivity index (χ0) is 22.3. The Labute approximate surface area is 209 Å². The standard InChI is InChI=1S/C23H41N2O6.HI/c1-21(2,3)18-6-10-22(11-7-18)28-30-23(31-29-22)12-8-19(9-13-23)27-20(26)24-14-16-25(4,5)17-15-24;/h18-19H,6-17H2,1-5H3;1H/q+1;/p-1. The second-order valence-corrected chi connectivity index (χ2v) is 11.7. The number of piperazine rings is 1. The van der Waals surface area contributed by atoms with Crippen LogP contribution in [-0.4, -0.2) is 73.4 Å². The van der Waals surface area contributed by atoms with Crippen molar-refractivity contribution in [1.82, 2.24) is 4.90 Å². The summed E-state index contributed by atoms with van der Waals surface area (Å²) in [5, 5.41) is 0. The van der Waals surface area contributed by atoms with E-state index >= 15 is 0 Å². The van der Waals surface area contributed by atoms with Gasteiger partial charge in [0.05, 0.1) is 40.3 Å². The molecular weight excluding hydrogens is 527 g/mol. The van der Waals surface area contributed by atoms with Crippen LogP contribution in [0.4, 0.5) is 4.79 Å². The molecule has 0 aromatic heterocycles. The third-order valence-electron chi connectivity index (χ3n) is 7.83. The number of likely N-dealkylation sites (N-methyl/N-ethyl adjacent to an activating group) is 1. The molecule has 4 rings (SSSR count). The van der Waals surface area contributed by atoms with Crippen LogP contribution in [0.3, 0.4) is 0 Å². The molecule has 1 amide bonds. The van der Waals surface area contributed by atoms with Crippen molar-refractivity contribution in [3.05, 3.63) is 0 Å². The van der Waals surface area contributed by atoms with Crippen LogP contribution < -0.4 is 24.0 Å². The van der Waals surface area contributed by atoms with Gasteiger partial charge in [0.1, 0.15) is 6.10 Å². The summed E-state index contributed by atoms with van der Waals surface area (Å²) in [4.78, 5) is 37.6. The van der Waals surface area contributed by atoms with E-state index in [0.29, 0.717) is 37.0 Å². The van der Waals surface area contributed by atoms with Gasteiger partial charge in [-0.1, -0.05) is 20.8 Å². The molecule has 0 atom stereocenters. The lowest BCUT2D eigenvalue weighted by molar-refractivity contribution is -0.894. The lowest BCUT2D eigenvalue weighted by Gasteiger charge is -2.48. The molecule has 8 nitrogen and oxygen atoms in total. The number of halogens is 1. The van der Waals surface area contributed by atoms with Crippen molar-refractivity contribution in [2.24, 2.45) is 11.3 Å². The Hall–Kier alpha value is -0.200. The Bertz CT molecular complexity index is 629. The minimum absolute atomic E-state index is 0. The summed E-state index contributed by atoms with van der Waals surface area (Å²) in [5.41, 5.74) is 0.290. The molecule has 4 fully saturated rings. The zero-order valence-electron chi connectivity index (χ0n) is 20.4. The zero-order valence-corrected chi connectivity index (χ0v) is 22.5. The smallest absolute Gasteiger partial charge is 0.410 e. The Kier molecular flexibility index (Phi) is 8.10. The molecule has 9 heteroatoms. The number of ether oxygens (including phenoxy) is 1.